The Kier molecular flexibility index (Phi) is 4.68. The zero-order valence-electron chi connectivity index (χ0n) is 11.1. The van der Waals surface area contributed by atoms with E-state index in [9.17, 15) is 4.79 Å². The van der Waals surface area contributed by atoms with Crippen molar-refractivity contribution in [2.24, 2.45) is 5.92 Å². The van der Waals surface area contributed by atoms with Crippen molar-refractivity contribution in [2.45, 2.75) is 32.9 Å². The lowest BCUT2D eigenvalue weighted by Gasteiger charge is -2.21. The van der Waals surface area contributed by atoms with Crippen LogP contribution in [0.2, 0.25) is 0 Å². The Morgan fingerprint density at radius 2 is 2.16 bits per heavy atom. The van der Waals surface area contributed by atoms with Crippen LogP contribution in [0.4, 0.5) is 0 Å². The second kappa shape index (κ2) is 6.47. The fraction of sp³-hybridized carbons (Fsp3) is 0.462. The largest absolute Gasteiger partial charge is 0.351 e. The second-order valence-corrected chi connectivity index (χ2v) is 5.59. The van der Waals surface area contributed by atoms with E-state index in [4.69, 9.17) is 0 Å². The number of carbonyl (C=O) groups is 1. The first kappa shape index (κ1) is 13.7. The second-order valence-electron chi connectivity index (χ2n) is 4.81. The third kappa shape index (κ3) is 4.17. The van der Waals surface area contributed by atoms with Crippen molar-refractivity contribution in [1.82, 2.24) is 20.3 Å². The third-order valence-corrected chi connectivity index (χ3v) is 3.65. The Morgan fingerprint density at radius 1 is 1.42 bits per heavy atom. The SMILES string of the molecule is CC(C)[C@@H](Cn1nccn1)NC(=O)Cc1ccsc1. The molecule has 0 radical (unpaired) electrons. The Bertz CT molecular complexity index is 493. The van der Waals surface area contributed by atoms with Gasteiger partial charge in [-0.2, -0.15) is 26.3 Å². The van der Waals surface area contributed by atoms with Gasteiger partial charge >= 0.3 is 0 Å². The summed E-state index contributed by atoms with van der Waals surface area (Å²) in [6.07, 6.45) is 3.72. The average Bonchev–Trinajstić information content (AvgIpc) is 3.00. The summed E-state index contributed by atoms with van der Waals surface area (Å²) in [5, 5.41) is 15.2. The minimum atomic E-state index is 0.0403. The number of nitrogens with one attached hydrogen (secondary N) is 1. The summed E-state index contributed by atoms with van der Waals surface area (Å²) in [6.45, 7) is 4.76. The first-order valence-electron chi connectivity index (χ1n) is 6.29. The summed E-state index contributed by atoms with van der Waals surface area (Å²) in [6, 6.07) is 2.02. The molecule has 2 aromatic rings. The molecule has 1 N–H and O–H groups in total. The van der Waals surface area contributed by atoms with E-state index in [1.165, 1.54) is 0 Å². The highest BCUT2D eigenvalue weighted by molar-refractivity contribution is 7.07. The maximum absolute atomic E-state index is 12.0. The smallest absolute Gasteiger partial charge is 0.224 e. The van der Waals surface area contributed by atoms with Crippen LogP contribution < -0.4 is 5.32 Å². The number of hydrogen-bond donors (Lipinski definition) is 1. The van der Waals surface area contributed by atoms with Crippen molar-refractivity contribution in [3.8, 4) is 0 Å². The number of aromatic nitrogens is 3. The molecule has 0 bridgehead atoms. The number of carbonyl (C=O) groups excluding carboxylic acids is 1. The van der Waals surface area contributed by atoms with Gasteiger partial charge in [-0.1, -0.05) is 13.8 Å². The van der Waals surface area contributed by atoms with Crippen LogP contribution >= 0.6 is 11.3 Å². The maximum Gasteiger partial charge on any atom is 0.224 e. The van der Waals surface area contributed by atoms with Crippen LogP contribution in [0.1, 0.15) is 19.4 Å². The van der Waals surface area contributed by atoms with Gasteiger partial charge in [0.05, 0.1) is 31.4 Å². The molecule has 0 aliphatic rings. The molecule has 0 fully saturated rings. The third-order valence-electron chi connectivity index (χ3n) is 2.92. The normalized spacial score (nSPS) is 12.6. The minimum absolute atomic E-state index is 0.0403. The van der Waals surface area contributed by atoms with Crippen molar-refractivity contribution in [3.63, 3.8) is 0 Å². The van der Waals surface area contributed by atoms with Crippen LogP contribution in [0, 0.1) is 5.92 Å². The topological polar surface area (TPSA) is 59.8 Å². The van der Waals surface area contributed by atoms with Crippen molar-refractivity contribution >= 4 is 17.2 Å². The molecule has 2 heterocycles. The Hall–Kier alpha value is -1.69. The molecule has 2 rings (SSSR count). The van der Waals surface area contributed by atoms with Crippen LogP contribution in [-0.2, 0) is 17.8 Å². The van der Waals surface area contributed by atoms with Gasteiger partial charge in [0, 0.05) is 0 Å². The maximum atomic E-state index is 12.0. The zero-order valence-corrected chi connectivity index (χ0v) is 11.9. The molecule has 0 spiro atoms. The molecule has 102 valence electrons. The molecule has 0 unspecified atom stereocenters. The standard InChI is InChI=1S/C13H18N4OS/c1-10(2)12(8-17-14-4-5-15-17)16-13(18)7-11-3-6-19-9-11/h3-6,9-10,12H,7-8H2,1-2H3,(H,16,18)/t12-/m1/s1. The quantitative estimate of drug-likeness (QED) is 0.875. The zero-order chi connectivity index (χ0) is 13.7. The van der Waals surface area contributed by atoms with Crippen molar-refractivity contribution < 1.29 is 4.79 Å². The van der Waals surface area contributed by atoms with Crippen LogP contribution in [-0.4, -0.2) is 26.9 Å². The van der Waals surface area contributed by atoms with Crippen LogP contribution in [0.3, 0.4) is 0 Å². The highest BCUT2D eigenvalue weighted by Crippen LogP contribution is 2.08. The molecule has 6 heteroatoms. The molecular formula is C13H18N4OS. The molecule has 2 aromatic heterocycles. The minimum Gasteiger partial charge on any atom is -0.351 e. The van der Waals surface area contributed by atoms with Gasteiger partial charge in [0.1, 0.15) is 0 Å². The van der Waals surface area contributed by atoms with Gasteiger partial charge < -0.3 is 5.32 Å². The van der Waals surface area contributed by atoms with E-state index in [0.717, 1.165) is 5.56 Å². The Labute approximate surface area is 116 Å². The lowest BCUT2D eigenvalue weighted by molar-refractivity contribution is -0.121. The first-order valence-corrected chi connectivity index (χ1v) is 7.24. The number of nitrogens with zero attached hydrogens (tertiary/aromatic N) is 3. The van der Waals surface area contributed by atoms with Gasteiger partial charge in [0.15, 0.2) is 0 Å². The van der Waals surface area contributed by atoms with Crippen molar-refractivity contribution in [3.05, 3.63) is 34.8 Å². The monoisotopic (exact) mass is 278 g/mol. The number of rotatable bonds is 6. The molecule has 0 aromatic carbocycles. The van der Waals surface area contributed by atoms with Gasteiger partial charge in [-0.3, -0.25) is 4.79 Å². The fourth-order valence-corrected chi connectivity index (χ4v) is 2.44. The Morgan fingerprint density at radius 3 is 2.74 bits per heavy atom. The van der Waals surface area contributed by atoms with Crippen molar-refractivity contribution in [2.75, 3.05) is 0 Å². The first-order chi connectivity index (χ1) is 9.15. The van der Waals surface area contributed by atoms with E-state index in [-0.39, 0.29) is 11.9 Å². The molecule has 0 aliphatic carbocycles. The fourth-order valence-electron chi connectivity index (χ4n) is 1.77. The van der Waals surface area contributed by atoms with Crippen LogP contribution in [0.5, 0.6) is 0 Å². The molecule has 1 atom stereocenters. The van der Waals surface area contributed by atoms with E-state index in [1.807, 2.05) is 16.8 Å². The lowest BCUT2D eigenvalue weighted by Crippen LogP contribution is -2.42. The number of hydrogen-bond acceptors (Lipinski definition) is 4. The van der Waals surface area contributed by atoms with E-state index in [1.54, 1.807) is 28.5 Å². The molecule has 0 saturated carbocycles. The predicted molar refractivity (Wildman–Crippen MR) is 74.8 cm³/mol. The Balaban J connectivity index is 1.91. The van der Waals surface area contributed by atoms with Gasteiger partial charge in [0.25, 0.3) is 0 Å². The predicted octanol–water partition coefficient (Wildman–Crippen LogP) is 1.72. The molecular weight excluding hydrogens is 260 g/mol. The van der Waals surface area contributed by atoms with E-state index in [0.29, 0.717) is 18.9 Å². The summed E-state index contributed by atoms with van der Waals surface area (Å²) >= 11 is 1.61. The summed E-state index contributed by atoms with van der Waals surface area (Å²) < 4.78 is 0. The van der Waals surface area contributed by atoms with Crippen LogP contribution in [0.15, 0.2) is 29.2 Å². The highest BCUT2D eigenvalue weighted by Gasteiger charge is 2.17. The lowest BCUT2D eigenvalue weighted by atomic mass is 10.0. The summed E-state index contributed by atoms with van der Waals surface area (Å²) in [4.78, 5) is 13.6. The number of thiophene rings is 1. The highest BCUT2D eigenvalue weighted by atomic mass is 32.1. The van der Waals surface area contributed by atoms with Gasteiger partial charge in [-0.15, -0.1) is 0 Å². The summed E-state index contributed by atoms with van der Waals surface area (Å²) in [5.74, 6) is 0.377. The van der Waals surface area contributed by atoms with Gasteiger partial charge in [-0.25, -0.2) is 0 Å². The molecule has 19 heavy (non-hydrogen) atoms. The van der Waals surface area contributed by atoms with Crippen molar-refractivity contribution in [1.29, 1.82) is 0 Å². The molecule has 5 nitrogen and oxygen atoms in total. The van der Waals surface area contributed by atoms with E-state index in [2.05, 4.69) is 29.4 Å². The summed E-state index contributed by atoms with van der Waals surface area (Å²) in [5.41, 5.74) is 1.06. The summed E-state index contributed by atoms with van der Waals surface area (Å²) in [7, 11) is 0. The van der Waals surface area contributed by atoms with E-state index < -0.39 is 0 Å². The van der Waals surface area contributed by atoms with Gasteiger partial charge in [0.2, 0.25) is 5.91 Å². The van der Waals surface area contributed by atoms with E-state index >= 15 is 0 Å². The van der Waals surface area contributed by atoms with Gasteiger partial charge in [-0.05, 0) is 28.3 Å². The number of amides is 1. The molecule has 0 aliphatic heterocycles. The average molecular weight is 278 g/mol. The molecule has 0 saturated heterocycles. The molecule has 1 amide bonds. The van der Waals surface area contributed by atoms with Crippen LogP contribution in [0.25, 0.3) is 0 Å².